The van der Waals surface area contributed by atoms with Crippen molar-refractivity contribution in [2.75, 3.05) is 26.2 Å². The molecular formula is C20H29N5O3. The van der Waals surface area contributed by atoms with Crippen molar-refractivity contribution in [1.82, 2.24) is 25.0 Å². The topological polar surface area (TPSA) is 85.4 Å². The Hall–Kier alpha value is -2.19. The second kappa shape index (κ2) is 8.87. The normalized spacial score (nSPS) is 20.1. The predicted octanol–water partition coefficient (Wildman–Crippen LogP) is 1.33. The molecule has 4 rings (SSSR count). The third-order valence-corrected chi connectivity index (χ3v) is 5.51. The minimum Gasteiger partial charge on any atom is -0.465 e. The molecule has 1 unspecified atom stereocenters. The van der Waals surface area contributed by atoms with Gasteiger partial charge in [-0.1, -0.05) is 6.92 Å². The molecule has 0 spiro atoms. The monoisotopic (exact) mass is 387 g/mol. The average molecular weight is 387 g/mol. The van der Waals surface area contributed by atoms with Crippen LogP contribution in [-0.2, 0) is 41.9 Å². The van der Waals surface area contributed by atoms with Crippen molar-refractivity contribution < 1.29 is 13.9 Å². The van der Waals surface area contributed by atoms with Crippen LogP contribution in [0.15, 0.2) is 16.5 Å². The number of amides is 1. The fourth-order valence-corrected chi connectivity index (χ4v) is 3.88. The van der Waals surface area contributed by atoms with Gasteiger partial charge >= 0.3 is 0 Å². The second-order valence-electron chi connectivity index (χ2n) is 7.47. The Balaban J connectivity index is 1.28. The first-order chi connectivity index (χ1) is 13.7. The van der Waals surface area contributed by atoms with Crippen LogP contribution in [0.2, 0.25) is 0 Å². The van der Waals surface area contributed by atoms with Gasteiger partial charge in [-0.25, -0.2) is 0 Å². The van der Waals surface area contributed by atoms with Crippen LogP contribution in [0.1, 0.15) is 42.9 Å². The molecule has 1 fully saturated rings. The fraction of sp³-hybridized carbons (Fsp3) is 0.650. The van der Waals surface area contributed by atoms with E-state index in [0.717, 1.165) is 75.0 Å². The van der Waals surface area contributed by atoms with Crippen molar-refractivity contribution in [3.8, 4) is 0 Å². The Morgan fingerprint density at radius 2 is 2.14 bits per heavy atom. The van der Waals surface area contributed by atoms with E-state index in [2.05, 4.69) is 44.0 Å². The van der Waals surface area contributed by atoms with Crippen molar-refractivity contribution in [2.45, 2.75) is 58.2 Å². The molecule has 0 bridgehead atoms. The van der Waals surface area contributed by atoms with Crippen LogP contribution in [0, 0.1) is 0 Å². The van der Waals surface area contributed by atoms with E-state index in [0.29, 0.717) is 19.6 Å². The summed E-state index contributed by atoms with van der Waals surface area (Å²) >= 11 is 0. The molecule has 0 aromatic carbocycles. The number of aryl methyl sites for hydroxylation is 1. The molecule has 1 atom stereocenters. The fourth-order valence-electron chi connectivity index (χ4n) is 3.88. The van der Waals surface area contributed by atoms with E-state index in [4.69, 9.17) is 9.15 Å². The number of nitrogens with one attached hydrogen (secondary N) is 1. The summed E-state index contributed by atoms with van der Waals surface area (Å²) < 4.78 is 13.5. The summed E-state index contributed by atoms with van der Waals surface area (Å²) in [5.41, 5.74) is 0. The Morgan fingerprint density at radius 1 is 1.25 bits per heavy atom. The Labute approximate surface area is 165 Å². The lowest BCUT2D eigenvalue weighted by Crippen LogP contribution is -2.35. The number of carbonyl (C=O) groups excluding carboxylic acids is 1. The van der Waals surface area contributed by atoms with E-state index >= 15 is 0 Å². The summed E-state index contributed by atoms with van der Waals surface area (Å²) in [6, 6.07) is 4.14. The molecule has 1 saturated heterocycles. The number of ether oxygens (including phenoxy) is 1. The maximum absolute atomic E-state index is 12.1. The number of carbonyl (C=O) groups is 1. The molecular weight excluding hydrogens is 358 g/mol. The van der Waals surface area contributed by atoms with Gasteiger partial charge in [-0.2, -0.15) is 0 Å². The van der Waals surface area contributed by atoms with E-state index in [1.54, 1.807) is 0 Å². The number of nitrogens with zero attached hydrogens (tertiary/aromatic N) is 4. The van der Waals surface area contributed by atoms with E-state index in [9.17, 15) is 4.79 Å². The summed E-state index contributed by atoms with van der Waals surface area (Å²) in [5.74, 6) is 4.01. The zero-order valence-electron chi connectivity index (χ0n) is 16.5. The van der Waals surface area contributed by atoms with Crippen LogP contribution in [0.3, 0.4) is 0 Å². The van der Waals surface area contributed by atoms with Crippen LogP contribution in [-0.4, -0.2) is 57.9 Å². The van der Waals surface area contributed by atoms with E-state index in [1.807, 2.05) is 0 Å². The van der Waals surface area contributed by atoms with Gasteiger partial charge in [-0.15, -0.1) is 10.2 Å². The first-order valence-corrected chi connectivity index (χ1v) is 10.3. The lowest BCUT2D eigenvalue weighted by Gasteiger charge is -2.18. The number of aromatic nitrogens is 3. The van der Waals surface area contributed by atoms with E-state index in [-0.39, 0.29) is 12.0 Å². The number of rotatable bonds is 7. The maximum Gasteiger partial charge on any atom is 0.249 e. The van der Waals surface area contributed by atoms with Gasteiger partial charge in [0.15, 0.2) is 0 Å². The van der Waals surface area contributed by atoms with Crippen LogP contribution >= 0.6 is 0 Å². The zero-order chi connectivity index (χ0) is 19.3. The highest BCUT2D eigenvalue weighted by molar-refractivity contribution is 5.80. The lowest BCUT2D eigenvalue weighted by atomic mass is 10.2. The van der Waals surface area contributed by atoms with Crippen LogP contribution in [0.5, 0.6) is 0 Å². The molecule has 2 aromatic heterocycles. The van der Waals surface area contributed by atoms with Crippen molar-refractivity contribution in [3.63, 3.8) is 0 Å². The van der Waals surface area contributed by atoms with Crippen molar-refractivity contribution in [3.05, 3.63) is 35.3 Å². The van der Waals surface area contributed by atoms with E-state index in [1.165, 1.54) is 0 Å². The largest absolute Gasteiger partial charge is 0.465 e. The third-order valence-electron chi connectivity index (χ3n) is 5.51. The maximum atomic E-state index is 12.1. The Kier molecular flexibility index (Phi) is 6.07. The molecule has 0 saturated carbocycles. The first-order valence-electron chi connectivity index (χ1n) is 10.3. The molecule has 152 valence electrons. The van der Waals surface area contributed by atoms with Gasteiger partial charge in [-0.05, 0) is 25.0 Å². The second-order valence-corrected chi connectivity index (χ2v) is 7.47. The lowest BCUT2D eigenvalue weighted by molar-refractivity contribution is -0.130. The van der Waals surface area contributed by atoms with Crippen molar-refractivity contribution >= 4 is 5.91 Å². The smallest absolute Gasteiger partial charge is 0.249 e. The quantitative estimate of drug-likeness (QED) is 0.771. The number of hydrogen-bond acceptors (Lipinski definition) is 6. The summed E-state index contributed by atoms with van der Waals surface area (Å²) in [6.07, 6.45) is 3.98. The first kappa shape index (κ1) is 19.1. The molecule has 1 amide bonds. The number of hydrogen-bond donors (Lipinski definition) is 1. The average Bonchev–Trinajstić information content (AvgIpc) is 3.43. The van der Waals surface area contributed by atoms with E-state index < -0.39 is 0 Å². The van der Waals surface area contributed by atoms with Gasteiger partial charge in [0.2, 0.25) is 5.91 Å². The number of fused-ring (bicyclic) bond motifs is 1. The van der Waals surface area contributed by atoms with Gasteiger partial charge in [0.1, 0.15) is 29.3 Å². The minimum atomic E-state index is -0.279. The van der Waals surface area contributed by atoms with Gasteiger partial charge in [-0.3, -0.25) is 9.69 Å². The molecule has 2 aliphatic heterocycles. The van der Waals surface area contributed by atoms with Crippen molar-refractivity contribution in [1.29, 1.82) is 0 Å². The molecule has 28 heavy (non-hydrogen) atoms. The summed E-state index contributed by atoms with van der Waals surface area (Å²) in [6.45, 7) is 6.91. The Morgan fingerprint density at radius 3 is 2.93 bits per heavy atom. The van der Waals surface area contributed by atoms with Gasteiger partial charge < -0.3 is 19.0 Å². The Bertz CT molecular complexity index is 794. The van der Waals surface area contributed by atoms with Gasteiger partial charge in [0, 0.05) is 52.0 Å². The molecule has 0 radical (unpaired) electrons. The molecule has 1 N–H and O–H groups in total. The molecule has 0 aliphatic carbocycles. The number of furan rings is 1. The zero-order valence-corrected chi connectivity index (χ0v) is 16.5. The summed E-state index contributed by atoms with van der Waals surface area (Å²) in [7, 11) is 0. The summed E-state index contributed by atoms with van der Waals surface area (Å²) in [4.78, 5) is 14.5. The van der Waals surface area contributed by atoms with Crippen LogP contribution in [0.4, 0.5) is 0 Å². The van der Waals surface area contributed by atoms with Crippen molar-refractivity contribution in [2.24, 2.45) is 0 Å². The highest BCUT2D eigenvalue weighted by atomic mass is 16.5. The highest BCUT2D eigenvalue weighted by Crippen LogP contribution is 2.15. The van der Waals surface area contributed by atoms with Crippen LogP contribution in [0.25, 0.3) is 0 Å². The molecule has 2 aromatic rings. The van der Waals surface area contributed by atoms with Gasteiger partial charge in [0.05, 0.1) is 6.54 Å². The minimum absolute atomic E-state index is 0.0100. The van der Waals surface area contributed by atoms with Crippen LogP contribution < -0.4 is 5.32 Å². The highest BCUT2D eigenvalue weighted by Gasteiger charge is 2.24. The SMILES string of the molecule is CCc1ccc(CN2CCc3nnc(CCNC(=O)C4CCCO4)n3CC2)o1. The summed E-state index contributed by atoms with van der Waals surface area (Å²) in [5, 5.41) is 11.7. The molecule has 2 aliphatic rings. The molecule has 8 heteroatoms. The van der Waals surface area contributed by atoms with Gasteiger partial charge in [0.25, 0.3) is 0 Å². The molecule has 4 heterocycles. The predicted molar refractivity (Wildman–Crippen MR) is 103 cm³/mol. The molecule has 8 nitrogen and oxygen atoms in total. The third kappa shape index (κ3) is 4.44. The standard InChI is InChI=1S/C20H29N5O3/c1-2-15-5-6-16(28-15)14-24-10-8-19-23-22-18(25(19)12-11-24)7-9-21-20(26)17-4-3-13-27-17/h5-6,17H,2-4,7-14H2,1H3,(H,21,26).